The van der Waals surface area contributed by atoms with Gasteiger partial charge in [-0.05, 0) is 19.4 Å². The van der Waals surface area contributed by atoms with Gasteiger partial charge in [0.05, 0.1) is 11.8 Å². The number of aryl methyl sites for hydroxylation is 1. The zero-order valence-electron chi connectivity index (χ0n) is 10.9. The average molecular weight is 233 g/mol. The Morgan fingerprint density at radius 3 is 2.65 bits per heavy atom. The van der Waals surface area contributed by atoms with Gasteiger partial charge >= 0.3 is 0 Å². The fourth-order valence-electron chi connectivity index (χ4n) is 2.00. The maximum atomic E-state index is 5.34. The number of hydrogen-bond acceptors (Lipinski definition) is 3. The Morgan fingerprint density at radius 2 is 2.12 bits per heavy atom. The third kappa shape index (κ3) is 2.12. The van der Waals surface area contributed by atoms with Gasteiger partial charge in [-0.25, -0.2) is 0 Å². The molecule has 17 heavy (non-hydrogen) atoms. The summed E-state index contributed by atoms with van der Waals surface area (Å²) in [7, 11) is 0. The van der Waals surface area contributed by atoms with Gasteiger partial charge in [-0.15, -0.1) is 10.2 Å². The molecule has 0 saturated heterocycles. The van der Waals surface area contributed by atoms with Crippen molar-refractivity contribution in [2.24, 2.45) is 0 Å². The second-order valence-electron chi connectivity index (χ2n) is 4.58. The van der Waals surface area contributed by atoms with Gasteiger partial charge < -0.3 is 8.98 Å². The van der Waals surface area contributed by atoms with Gasteiger partial charge in [0, 0.05) is 12.5 Å². The van der Waals surface area contributed by atoms with Crippen molar-refractivity contribution in [3.63, 3.8) is 0 Å². The third-order valence-corrected chi connectivity index (χ3v) is 2.84. The van der Waals surface area contributed by atoms with Crippen LogP contribution in [-0.4, -0.2) is 14.8 Å². The van der Waals surface area contributed by atoms with Crippen molar-refractivity contribution in [3.8, 4) is 11.4 Å². The molecule has 2 rings (SSSR count). The van der Waals surface area contributed by atoms with Crippen LogP contribution >= 0.6 is 0 Å². The van der Waals surface area contributed by atoms with Gasteiger partial charge in [0.1, 0.15) is 11.6 Å². The lowest BCUT2D eigenvalue weighted by molar-refractivity contribution is 0.534. The lowest BCUT2D eigenvalue weighted by Gasteiger charge is -2.10. The van der Waals surface area contributed by atoms with E-state index in [2.05, 4.69) is 35.5 Å². The minimum Gasteiger partial charge on any atom is -0.469 e. The molecule has 0 atom stereocenters. The molecule has 0 N–H and O–H groups in total. The SMILES string of the molecule is CCCn1c(-c2ccoc2C)nnc1C(C)C. The van der Waals surface area contributed by atoms with Crippen molar-refractivity contribution in [1.82, 2.24) is 14.8 Å². The van der Waals surface area contributed by atoms with Crippen LogP contribution < -0.4 is 0 Å². The molecule has 0 unspecified atom stereocenters. The van der Waals surface area contributed by atoms with E-state index in [1.54, 1.807) is 6.26 Å². The highest BCUT2D eigenvalue weighted by molar-refractivity contribution is 5.57. The van der Waals surface area contributed by atoms with Crippen molar-refractivity contribution in [1.29, 1.82) is 0 Å². The third-order valence-electron chi connectivity index (χ3n) is 2.84. The van der Waals surface area contributed by atoms with E-state index < -0.39 is 0 Å². The summed E-state index contributed by atoms with van der Waals surface area (Å²) < 4.78 is 7.54. The average Bonchev–Trinajstić information content (AvgIpc) is 2.85. The van der Waals surface area contributed by atoms with Crippen LogP contribution in [0.4, 0.5) is 0 Å². The van der Waals surface area contributed by atoms with Gasteiger partial charge in [-0.2, -0.15) is 0 Å². The summed E-state index contributed by atoms with van der Waals surface area (Å²) >= 11 is 0. The van der Waals surface area contributed by atoms with E-state index in [0.29, 0.717) is 5.92 Å². The normalized spacial score (nSPS) is 11.4. The van der Waals surface area contributed by atoms with Crippen LogP contribution in [0, 0.1) is 6.92 Å². The van der Waals surface area contributed by atoms with E-state index in [4.69, 9.17) is 4.42 Å². The first-order chi connectivity index (χ1) is 8.15. The summed E-state index contributed by atoms with van der Waals surface area (Å²) in [5.41, 5.74) is 1.04. The first-order valence-electron chi connectivity index (χ1n) is 6.12. The highest BCUT2D eigenvalue weighted by Crippen LogP contribution is 2.25. The van der Waals surface area contributed by atoms with Crippen LogP contribution in [-0.2, 0) is 6.54 Å². The molecule has 2 heterocycles. The maximum Gasteiger partial charge on any atom is 0.167 e. The van der Waals surface area contributed by atoms with E-state index in [1.165, 1.54) is 0 Å². The number of furan rings is 1. The van der Waals surface area contributed by atoms with E-state index in [-0.39, 0.29) is 0 Å². The summed E-state index contributed by atoms with van der Waals surface area (Å²) in [4.78, 5) is 0. The second-order valence-corrected chi connectivity index (χ2v) is 4.58. The Morgan fingerprint density at radius 1 is 1.35 bits per heavy atom. The minimum absolute atomic E-state index is 0.384. The standard InChI is InChI=1S/C13H19N3O/c1-5-7-16-12(9(2)3)14-15-13(16)11-6-8-17-10(11)4/h6,8-9H,5,7H2,1-4H3. The molecule has 0 aromatic carbocycles. The molecule has 0 amide bonds. The molecule has 0 saturated carbocycles. The largest absolute Gasteiger partial charge is 0.469 e. The van der Waals surface area contributed by atoms with Crippen molar-refractivity contribution >= 4 is 0 Å². The lowest BCUT2D eigenvalue weighted by atomic mass is 10.2. The fourth-order valence-corrected chi connectivity index (χ4v) is 2.00. The van der Waals surface area contributed by atoms with Gasteiger partial charge in [0.25, 0.3) is 0 Å². The molecule has 4 heteroatoms. The van der Waals surface area contributed by atoms with Crippen molar-refractivity contribution in [2.45, 2.75) is 46.6 Å². The number of nitrogens with zero attached hydrogens (tertiary/aromatic N) is 3. The van der Waals surface area contributed by atoms with E-state index >= 15 is 0 Å². The van der Waals surface area contributed by atoms with Crippen LogP contribution in [0.3, 0.4) is 0 Å². The molecule has 0 radical (unpaired) electrons. The Kier molecular flexibility index (Phi) is 3.31. The van der Waals surface area contributed by atoms with Gasteiger partial charge in [0.2, 0.25) is 0 Å². The minimum atomic E-state index is 0.384. The number of hydrogen-bond donors (Lipinski definition) is 0. The maximum absolute atomic E-state index is 5.34. The highest BCUT2D eigenvalue weighted by Gasteiger charge is 2.17. The monoisotopic (exact) mass is 233 g/mol. The van der Waals surface area contributed by atoms with E-state index in [1.807, 2.05) is 13.0 Å². The molecule has 0 aliphatic carbocycles. The van der Waals surface area contributed by atoms with Crippen molar-refractivity contribution < 1.29 is 4.42 Å². The van der Waals surface area contributed by atoms with Crippen molar-refractivity contribution in [3.05, 3.63) is 23.9 Å². The summed E-state index contributed by atoms with van der Waals surface area (Å²) in [6.07, 6.45) is 2.77. The highest BCUT2D eigenvalue weighted by atomic mass is 16.3. The first kappa shape index (κ1) is 11.9. The summed E-state index contributed by atoms with van der Waals surface area (Å²) in [6.45, 7) is 9.34. The number of rotatable bonds is 4. The summed E-state index contributed by atoms with van der Waals surface area (Å²) in [5.74, 6) is 3.24. The molecule has 0 aliphatic rings. The van der Waals surface area contributed by atoms with E-state index in [0.717, 1.165) is 35.9 Å². The summed E-state index contributed by atoms with van der Waals surface area (Å²) in [5, 5.41) is 8.61. The zero-order chi connectivity index (χ0) is 12.4. The van der Waals surface area contributed by atoms with Crippen LogP contribution in [0.1, 0.15) is 44.7 Å². The molecule has 0 aliphatic heterocycles. The smallest absolute Gasteiger partial charge is 0.167 e. The predicted molar refractivity (Wildman–Crippen MR) is 66.8 cm³/mol. The molecule has 2 aromatic rings. The zero-order valence-corrected chi connectivity index (χ0v) is 10.9. The molecule has 4 nitrogen and oxygen atoms in total. The Labute approximate surface area is 102 Å². The molecule has 0 bridgehead atoms. The van der Waals surface area contributed by atoms with Crippen LogP contribution in [0.2, 0.25) is 0 Å². The van der Waals surface area contributed by atoms with Crippen LogP contribution in [0.25, 0.3) is 11.4 Å². The fraction of sp³-hybridized carbons (Fsp3) is 0.538. The molecule has 2 aromatic heterocycles. The second kappa shape index (κ2) is 4.73. The summed E-state index contributed by atoms with van der Waals surface area (Å²) in [6, 6.07) is 1.95. The Bertz CT molecular complexity index is 496. The first-order valence-corrected chi connectivity index (χ1v) is 6.12. The Balaban J connectivity index is 2.51. The quantitative estimate of drug-likeness (QED) is 0.813. The van der Waals surface area contributed by atoms with Gasteiger partial charge in [-0.3, -0.25) is 0 Å². The molecule has 0 fully saturated rings. The van der Waals surface area contributed by atoms with Gasteiger partial charge in [-0.1, -0.05) is 20.8 Å². The molecular weight excluding hydrogens is 214 g/mol. The Hall–Kier alpha value is -1.58. The molecule has 0 spiro atoms. The predicted octanol–water partition coefficient (Wildman–Crippen LogP) is 3.38. The molecule has 92 valence electrons. The topological polar surface area (TPSA) is 43.9 Å². The van der Waals surface area contributed by atoms with Crippen LogP contribution in [0.15, 0.2) is 16.7 Å². The van der Waals surface area contributed by atoms with Crippen molar-refractivity contribution in [2.75, 3.05) is 0 Å². The van der Waals surface area contributed by atoms with Gasteiger partial charge in [0.15, 0.2) is 5.82 Å². The lowest BCUT2D eigenvalue weighted by Crippen LogP contribution is -2.06. The molecular formula is C13H19N3O. The van der Waals surface area contributed by atoms with Crippen LogP contribution in [0.5, 0.6) is 0 Å². The number of aromatic nitrogens is 3. The van der Waals surface area contributed by atoms with E-state index in [9.17, 15) is 0 Å².